The summed E-state index contributed by atoms with van der Waals surface area (Å²) >= 11 is 0. The van der Waals surface area contributed by atoms with Crippen molar-refractivity contribution < 1.29 is 23.1 Å². The number of esters is 1. The minimum Gasteiger partial charge on any atom is -0.511 e. The number of aliphatic hydroxyl groups excluding tert-OH is 1. The van der Waals surface area contributed by atoms with Crippen molar-refractivity contribution in [3.05, 3.63) is 101 Å². The Morgan fingerprint density at radius 2 is 1.78 bits per heavy atom. The van der Waals surface area contributed by atoms with Crippen molar-refractivity contribution in [2.45, 2.75) is 69.3 Å². The molecule has 3 atom stereocenters. The number of rotatable bonds is 10. The van der Waals surface area contributed by atoms with E-state index in [2.05, 4.69) is 12.1 Å². The molecule has 0 aromatic heterocycles. The second-order valence-corrected chi connectivity index (χ2v) is 13.8. The zero-order chi connectivity index (χ0) is 29.3. The molecule has 2 aromatic carbocycles. The Bertz CT molecular complexity index is 1540. The number of hydrogen-bond donors (Lipinski definition) is 1. The molecule has 3 unspecified atom stereocenters. The van der Waals surface area contributed by atoms with E-state index in [4.69, 9.17) is 10.00 Å². The molecule has 1 N–H and O–H groups in total. The van der Waals surface area contributed by atoms with Gasteiger partial charge in [-0.25, -0.2) is 13.2 Å². The molecule has 0 amide bonds. The zero-order valence-corrected chi connectivity index (χ0v) is 24.5. The van der Waals surface area contributed by atoms with Crippen LogP contribution in [0, 0.1) is 28.6 Å². The van der Waals surface area contributed by atoms with Gasteiger partial charge in [0.05, 0.1) is 33.8 Å². The Kier molecular flexibility index (Phi) is 7.98. The number of aliphatic hydroxyl groups is 1. The monoisotopic (exact) mass is 571 g/mol. The largest absolute Gasteiger partial charge is 0.511 e. The highest BCUT2D eigenvalue weighted by atomic mass is 32.2. The fourth-order valence-corrected chi connectivity index (χ4v) is 8.59. The molecule has 3 aliphatic rings. The van der Waals surface area contributed by atoms with Crippen LogP contribution in [0.1, 0.15) is 63.5 Å². The summed E-state index contributed by atoms with van der Waals surface area (Å²) in [4.78, 5) is 13.2. The van der Waals surface area contributed by atoms with Gasteiger partial charge in [0, 0.05) is 5.41 Å². The van der Waals surface area contributed by atoms with Gasteiger partial charge in [0.1, 0.15) is 11.4 Å². The van der Waals surface area contributed by atoms with Crippen LogP contribution >= 0.6 is 0 Å². The van der Waals surface area contributed by atoms with Crippen LogP contribution in [0.25, 0.3) is 0 Å². The second kappa shape index (κ2) is 11.3. The number of cyclic esters (lactones) is 1. The molecular formula is C34H37NO5S. The summed E-state index contributed by atoms with van der Waals surface area (Å²) in [6.07, 6.45) is 10.8. The van der Waals surface area contributed by atoms with E-state index >= 15 is 0 Å². The highest BCUT2D eigenvalue weighted by Crippen LogP contribution is 2.56. The van der Waals surface area contributed by atoms with Crippen LogP contribution in [-0.2, 0) is 25.8 Å². The lowest BCUT2D eigenvalue weighted by Crippen LogP contribution is -2.49. The summed E-state index contributed by atoms with van der Waals surface area (Å²) in [6, 6.07) is 18.2. The summed E-state index contributed by atoms with van der Waals surface area (Å²) < 4.78 is 33.7. The number of carbonyl (C=O) groups excluding carboxylic acids is 1. The van der Waals surface area contributed by atoms with Gasteiger partial charge in [0.2, 0.25) is 0 Å². The number of nitriles is 1. The number of benzene rings is 2. The fourth-order valence-electron chi connectivity index (χ4n) is 6.73. The van der Waals surface area contributed by atoms with Crippen molar-refractivity contribution >= 4 is 15.8 Å². The smallest absolute Gasteiger partial charge is 0.337 e. The Hall–Kier alpha value is -3.63. The SMILES string of the molecule is CCCC1(CCc2ccccc2)OC(=O)C(C)=C(O)C1C1=CC=CC(CS(=O)(=O)c2ccc(C#N)cc2)(C2CC2)C1. The van der Waals surface area contributed by atoms with Crippen molar-refractivity contribution in [3.63, 3.8) is 0 Å². The van der Waals surface area contributed by atoms with E-state index in [0.717, 1.165) is 30.4 Å². The first-order valence-corrected chi connectivity index (χ1v) is 16.1. The maximum atomic E-state index is 13.7. The van der Waals surface area contributed by atoms with Gasteiger partial charge in [0.25, 0.3) is 0 Å². The van der Waals surface area contributed by atoms with Crippen molar-refractivity contribution in [1.29, 1.82) is 5.26 Å². The number of nitrogens with zero attached hydrogens (tertiary/aromatic N) is 1. The lowest BCUT2D eigenvalue weighted by molar-refractivity contribution is -0.166. The van der Waals surface area contributed by atoms with Gasteiger partial charge >= 0.3 is 5.97 Å². The Morgan fingerprint density at radius 1 is 1.07 bits per heavy atom. The molecule has 0 spiro atoms. The quantitative estimate of drug-likeness (QED) is 0.315. The van der Waals surface area contributed by atoms with Gasteiger partial charge in [0.15, 0.2) is 9.84 Å². The average Bonchev–Trinajstić information content (AvgIpc) is 3.82. The van der Waals surface area contributed by atoms with Gasteiger partial charge < -0.3 is 9.84 Å². The number of allylic oxidation sites excluding steroid dienone is 3. The van der Waals surface area contributed by atoms with E-state index in [1.165, 1.54) is 24.3 Å². The van der Waals surface area contributed by atoms with Gasteiger partial charge in [-0.05, 0) is 81.2 Å². The maximum Gasteiger partial charge on any atom is 0.337 e. The fraction of sp³-hybridized carbons (Fsp3) is 0.412. The van der Waals surface area contributed by atoms with Crippen LogP contribution in [0.3, 0.4) is 0 Å². The van der Waals surface area contributed by atoms with Crippen LogP contribution in [0.5, 0.6) is 0 Å². The molecule has 1 aliphatic heterocycles. The van der Waals surface area contributed by atoms with E-state index in [1.807, 2.05) is 49.4 Å². The van der Waals surface area contributed by atoms with E-state index in [0.29, 0.717) is 31.2 Å². The first-order chi connectivity index (χ1) is 19.6. The molecule has 2 aliphatic carbocycles. The Labute approximate surface area is 243 Å². The molecule has 214 valence electrons. The molecule has 6 nitrogen and oxygen atoms in total. The molecule has 0 radical (unpaired) electrons. The predicted octanol–water partition coefficient (Wildman–Crippen LogP) is 6.79. The van der Waals surface area contributed by atoms with Crippen LogP contribution in [0.15, 0.2) is 94.6 Å². The molecule has 1 fully saturated rings. The third-order valence-corrected chi connectivity index (χ3v) is 10.9. The molecule has 2 aromatic rings. The van der Waals surface area contributed by atoms with Gasteiger partial charge in [-0.1, -0.05) is 67.5 Å². The van der Waals surface area contributed by atoms with Gasteiger partial charge in [-0.2, -0.15) is 5.26 Å². The first kappa shape index (κ1) is 28.9. The highest BCUT2D eigenvalue weighted by molar-refractivity contribution is 7.91. The normalized spacial score (nSPS) is 26.3. The average molecular weight is 572 g/mol. The van der Waals surface area contributed by atoms with Crippen LogP contribution in [-0.4, -0.2) is 30.8 Å². The molecule has 1 saturated carbocycles. The number of sulfone groups is 1. The molecule has 5 rings (SSSR count). The highest BCUT2D eigenvalue weighted by Gasteiger charge is 2.54. The van der Waals surface area contributed by atoms with Crippen molar-refractivity contribution in [3.8, 4) is 6.07 Å². The van der Waals surface area contributed by atoms with Crippen LogP contribution in [0.2, 0.25) is 0 Å². The standard InChI is InChI=1S/C34H37NO5S/c1-3-18-34(20-17-25-8-5-4-6-9-25)30(31(36)24(2)32(37)40-34)27-10-7-19-33(21-27,28-13-14-28)23-41(38,39)29-15-11-26(22-35)12-16-29/h4-12,15-16,19,28,30,36H,3,13-14,17-18,20-21,23H2,1-2H3. The molecule has 7 heteroatoms. The van der Waals surface area contributed by atoms with E-state index in [9.17, 15) is 18.3 Å². The zero-order valence-electron chi connectivity index (χ0n) is 23.7. The van der Waals surface area contributed by atoms with E-state index < -0.39 is 32.7 Å². The molecule has 0 bridgehead atoms. The summed E-state index contributed by atoms with van der Waals surface area (Å²) in [7, 11) is -3.67. The third kappa shape index (κ3) is 5.76. The van der Waals surface area contributed by atoms with E-state index in [1.54, 1.807) is 6.92 Å². The summed E-state index contributed by atoms with van der Waals surface area (Å²) in [6.45, 7) is 3.64. The minimum absolute atomic E-state index is 0.0314. The molecule has 41 heavy (non-hydrogen) atoms. The predicted molar refractivity (Wildman–Crippen MR) is 158 cm³/mol. The third-order valence-electron chi connectivity index (χ3n) is 8.97. The number of aryl methyl sites for hydroxylation is 1. The van der Waals surface area contributed by atoms with Gasteiger partial charge in [-0.15, -0.1) is 0 Å². The molecule has 0 saturated heterocycles. The topological polar surface area (TPSA) is 104 Å². The molecular weight excluding hydrogens is 534 g/mol. The van der Waals surface area contributed by atoms with Gasteiger partial charge in [-0.3, -0.25) is 0 Å². The van der Waals surface area contributed by atoms with Crippen molar-refractivity contribution in [1.82, 2.24) is 0 Å². The van der Waals surface area contributed by atoms with Crippen LogP contribution < -0.4 is 0 Å². The summed E-state index contributed by atoms with van der Waals surface area (Å²) in [5.74, 6) is -0.873. The molecule has 1 heterocycles. The summed E-state index contributed by atoms with van der Waals surface area (Å²) in [5, 5.41) is 20.7. The first-order valence-electron chi connectivity index (χ1n) is 14.4. The summed E-state index contributed by atoms with van der Waals surface area (Å²) in [5.41, 5.74) is 1.07. The number of ether oxygens (including phenoxy) is 1. The Balaban J connectivity index is 1.51. The van der Waals surface area contributed by atoms with Crippen molar-refractivity contribution in [2.75, 3.05) is 5.75 Å². The maximum absolute atomic E-state index is 13.7. The van der Waals surface area contributed by atoms with Crippen LogP contribution in [0.4, 0.5) is 0 Å². The lowest BCUT2D eigenvalue weighted by Gasteiger charge is -2.46. The Morgan fingerprint density at radius 3 is 2.41 bits per heavy atom. The number of hydrogen-bond acceptors (Lipinski definition) is 6. The minimum atomic E-state index is -3.67. The van der Waals surface area contributed by atoms with Crippen molar-refractivity contribution in [2.24, 2.45) is 17.3 Å². The second-order valence-electron chi connectivity index (χ2n) is 11.8. The number of carbonyl (C=O) groups is 1. The van der Waals surface area contributed by atoms with E-state index in [-0.39, 0.29) is 27.9 Å². The lowest BCUT2D eigenvalue weighted by atomic mass is 9.66.